The van der Waals surface area contributed by atoms with Crippen molar-refractivity contribution in [2.45, 2.75) is 26.2 Å². The monoisotopic (exact) mass is 285 g/mol. The summed E-state index contributed by atoms with van der Waals surface area (Å²) >= 11 is 0. The van der Waals surface area contributed by atoms with E-state index in [-0.39, 0.29) is 17.6 Å². The zero-order valence-electron chi connectivity index (χ0n) is 12.4. The molecular weight excluding hydrogens is 265 g/mol. The minimum absolute atomic E-state index is 0.0772. The number of halogens is 1. The molecule has 110 valence electrons. The molecule has 0 fully saturated rings. The fraction of sp³-hybridized carbons (Fsp3) is 0.278. The maximum absolute atomic E-state index is 12.9. The van der Waals surface area contributed by atoms with Crippen molar-refractivity contribution < 1.29 is 9.18 Å². The normalized spacial score (nSPS) is 12.0. The predicted octanol–water partition coefficient (Wildman–Crippen LogP) is 3.92. The Morgan fingerprint density at radius 2 is 1.71 bits per heavy atom. The van der Waals surface area contributed by atoms with Gasteiger partial charge < -0.3 is 5.32 Å². The summed E-state index contributed by atoms with van der Waals surface area (Å²) in [6.07, 6.45) is 0.962. The quantitative estimate of drug-likeness (QED) is 0.886. The molecule has 2 aromatic rings. The lowest BCUT2D eigenvalue weighted by atomic mass is 10.0. The Hall–Kier alpha value is -2.16. The van der Waals surface area contributed by atoms with Crippen molar-refractivity contribution in [2.75, 3.05) is 6.54 Å². The number of nitrogens with one attached hydrogen (secondary N) is 1. The molecule has 2 aromatic carbocycles. The lowest BCUT2D eigenvalue weighted by Gasteiger charge is -2.13. The molecule has 0 aromatic heterocycles. The lowest BCUT2D eigenvalue weighted by molar-refractivity contribution is 0.0951. The first kappa shape index (κ1) is 15.2. The molecule has 0 aliphatic heterocycles. The first-order valence-electron chi connectivity index (χ1n) is 7.22. The second kappa shape index (κ2) is 7.02. The molecule has 1 atom stereocenters. The maximum atomic E-state index is 12.9. The van der Waals surface area contributed by atoms with E-state index in [1.54, 1.807) is 12.1 Å². The molecule has 3 heteroatoms. The molecule has 1 amide bonds. The first-order chi connectivity index (χ1) is 10.1. The van der Waals surface area contributed by atoms with Crippen molar-refractivity contribution in [3.8, 4) is 0 Å². The fourth-order valence-electron chi connectivity index (χ4n) is 2.15. The second-order valence-corrected chi connectivity index (χ2v) is 5.21. The van der Waals surface area contributed by atoms with Gasteiger partial charge in [-0.05, 0) is 47.7 Å². The molecular formula is C18H20FNO. The molecule has 1 unspecified atom stereocenters. The van der Waals surface area contributed by atoms with Gasteiger partial charge in [-0.1, -0.05) is 38.1 Å². The van der Waals surface area contributed by atoms with Crippen LogP contribution in [0.3, 0.4) is 0 Å². The van der Waals surface area contributed by atoms with Crippen molar-refractivity contribution in [2.24, 2.45) is 0 Å². The lowest BCUT2D eigenvalue weighted by Crippen LogP contribution is -2.27. The molecule has 0 radical (unpaired) electrons. The smallest absolute Gasteiger partial charge is 0.251 e. The minimum atomic E-state index is -0.244. The molecule has 0 aliphatic rings. The van der Waals surface area contributed by atoms with E-state index in [1.807, 2.05) is 31.2 Å². The molecule has 2 nitrogen and oxygen atoms in total. The van der Waals surface area contributed by atoms with E-state index in [9.17, 15) is 9.18 Å². The first-order valence-corrected chi connectivity index (χ1v) is 7.22. The van der Waals surface area contributed by atoms with Gasteiger partial charge in [0.2, 0.25) is 0 Å². The van der Waals surface area contributed by atoms with Gasteiger partial charge in [0.25, 0.3) is 5.91 Å². The SMILES string of the molecule is CCc1ccc(C(=O)NCC(C)c2ccc(F)cc2)cc1. The summed E-state index contributed by atoms with van der Waals surface area (Å²) < 4.78 is 12.9. The van der Waals surface area contributed by atoms with Crippen molar-refractivity contribution >= 4 is 5.91 Å². The average molecular weight is 285 g/mol. The summed E-state index contributed by atoms with van der Waals surface area (Å²) in [5, 5.41) is 2.92. The number of aryl methyl sites for hydroxylation is 1. The number of carbonyl (C=O) groups is 1. The van der Waals surface area contributed by atoms with Gasteiger partial charge in [-0.2, -0.15) is 0 Å². The highest BCUT2D eigenvalue weighted by Gasteiger charge is 2.09. The summed E-state index contributed by atoms with van der Waals surface area (Å²) in [5.74, 6) is -0.179. The van der Waals surface area contributed by atoms with Gasteiger partial charge in [0.05, 0.1) is 0 Å². The highest BCUT2D eigenvalue weighted by atomic mass is 19.1. The molecule has 0 heterocycles. The number of amides is 1. The minimum Gasteiger partial charge on any atom is -0.351 e. The van der Waals surface area contributed by atoms with Crippen molar-refractivity contribution in [3.63, 3.8) is 0 Å². The summed E-state index contributed by atoms with van der Waals surface area (Å²) in [4.78, 5) is 12.1. The van der Waals surface area contributed by atoms with Crippen LogP contribution in [0.15, 0.2) is 48.5 Å². The van der Waals surface area contributed by atoms with E-state index in [0.717, 1.165) is 12.0 Å². The maximum Gasteiger partial charge on any atom is 0.251 e. The van der Waals surface area contributed by atoms with E-state index < -0.39 is 0 Å². The van der Waals surface area contributed by atoms with Crippen molar-refractivity contribution in [1.82, 2.24) is 5.32 Å². The Balaban J connectivity index is 1.92. The highest BCUT2D eigenvalue weighted by Crippen LogP contribution is 2.15. The Labute approximate surface area is 125 Å². The highest BCUT2D eigenvalue weighted by molar-refractivity contribution is 5.94. The Morgan fingerprint density at radius 3 is 2.29 bits per heavy atom. The van der Waals surface area contributed by atoms with Gasteiger partial charge in [0.15, 0.2) is 0 Å². The summed E-state index contributed by atoms with van der Waals surface area (Å²) in [5.41, 5.74) is 2.89. The fourth-order valence-corrected chi connectivity index (χ4v) is 2.15. The number of hydrogen-bond acceptors (Lipinski definition) is 1. The largest absolute Gasteiger partial charge is 0.351 e. The summed E-state index contributed by atoms with van der Waals surface area (Å²) in [7, 11) is 0. The molecule has 0 aliphatic carbocycles. The molecule has 0 bridgehead atoms. The standard InChI is InChI=1S/C18H20FNO/c1-3-14-4-6-16(7-5-14)18(21)20-12-13(2)15-8-10-17(19)11-9-15/h4-11,13H,3,12H2,1-2H3,(H,20,21). The summed E-state index contributed by atoms with van der Waals surface area (Å²) in [6, 6.07) is 14.0. The van der Waals surface area contributed by atoms with Crippen LogP contribution in [0.2, 0.25) is 0 Å². The van der Waals surface area contributed by atoms with Crippen LogP contribution in [0.4, 0.5) is 4.39 Å². The third-order valence-corrected chi connectivity index (χ3v) is 3.63. The second-order valence-electron chi connectivity index (χ2n) is 5.21. The summed E-state index contributed by atoms with van der Waals surface area (Å²) in [6.45, 7) is 4.62. The molecule has 0 saturated carbocycles. The van der Waals surface area contributed by atoms with Crippen LogP contribution in [0.5, 0.6) is 0 Å². The molecule has 0 spiro atoms. The van der Waals surface area contributed by atoms with Crippen LogP contribution < -0.4 is 5.32 Å². The van der Waals surface area contributed by atoms with Crippen LogP contribution in [-0.2, 0) is 6.42 Å². The van der Waals surface area contributed by atoms with Gasteiger partial charge in [-0.3, -0.25) is 4.79 Å². The van der Waals surface area contributed by atoms with E-state index in [1.165, 1.54) is 17.7 Å². The topological polar surface area (TPSA) is 29.1 Å². The van der Waals surface area contributed by atoms with E-state index in [2.05, 4.69) is 12.2 Å². The van der Waals surface area contributed by atoms with E-state index in [0.29, 0.717) is 12.1 Å². The Kier molecular flexibility index (Phi) is 5.09. The van der Waals surface area contributed by atoms with E-state index >= 15 is 0 Å². The number of carbonyl (C=O) groups excluding carboxylic acids is 1. The van der Waals surface area contributed by atoms with Crippen LogP contribution in [0.1, 0.15) is 41.3 Å². The van der Waals surface area contributed by atoms with Gasteiger partial charge >= 0.3 is 0 Å². The number of benzene rings is 2. The zero-order valence-corrected chi connectivity index (χ0v) is 12.4. The van der Waals surface area contributed by atoms with Crippen LogP contribution in [0, 0.1) is 5.82 Å². The van der Waals surface area contributed by atoms with Gasteiger partial charge in [0, 0.05) is 12.1 Å². The van der Waals surface area contributed by atoms with Crippen LogP contribution in [-0.4, -0.2) is 12.5 Å². The van der Waals surface area contributed by atoms with Gasteiger partial charge in [-0.25, -0.2) is 4.39 Å². The van der Waals surface area contributed by atoms with E-state index in [4.69, 9.17) is 0 Å². The Morgan fingerprint density at radius 1 is 1.10 bits per heavy atom. The molecule has 21 heavy (non-hydrogen) atoms. The van der Waals surface area contributed by atoms with Crippen LogP contribution in [0.25, 0.3) is 0 Å². The van der Waals surface area contributed by atoms with Crippen molar-refractivity contribution in [1.29, 1.82) is 0 Å². The van der Waals surface area contributed by atoms with Crippen molar-refractivity contribution in [3.05, 3.63) is 71.0 Å². The number of hydrogen-bond donors (Lipinski definition) is 1. The Bertz CT molecular complexity index is 590. The number of rotatable bonds is 5. The molecule has 0 saturated heterocycles. The third kappa shape index (κ3) is 4.15. The van der Waals surface area contributed by atoms with Gasteiger partial charge in [-0.15, -0.1) is 0 Å². The van der Waals surface area contributed by atoms with Crippen LogP contribution >= 0.6 is 0 Å². The zero-order chi connectivity index (χ0) is 15.2. The van der Waals surface area contributed by atoms with Gasteiger partial charge in [0.1, 0.15) is 5.82 Å². The predicted molar refractivity (Wildman–Crippen MR) is 83.0 cm³/mol. The molecule has 1 N–H and O–H groups in total. The third-order valence-electron chi connectivity index (χ3n) is 3.63. The average Bonchev–Trinajstić information content (AvgIpc) is 2.53. The molecule has 2 rings (SSSR count).